The Morgan fingerprint density at radius 1 is 0.963 bits per heavy atom. The van der Waals surface area contributed by atoms with E-state index in [1.807, 2.05) is 6.07 Å². The van der Waals surface area contributed by atoms with Crippen LogP contribution in [0.2, 0.25) is 0 Å². The highest BCUT2D eigenvalue weighted by Gasteiger charge is 2.19. The molecule has 0 saturated heterocycles. The van der Waals surface area contributed by atoms with Gasteiger partial charge in [-0.2, -0.15) is 5.26 Å². The second-order valence-electron chi connectivity index (χ2n) is 5.56. The minimum Gasteiger partial charge on any atom is -0.497 e. The Bertz CT molecular complexity index is 1040. The number of rotatable bonds is 5. The van der Waals surface area contributed by atoms with Crippen LogP contribution in [-0.4, -0.2) is 17.2 Å². The molecule has 134 valence electrons. The van der Waals surface area contributed by atoms with E-state index in [-0.39, 0.29) is 5.91 Å². The van der Waals surface area contributed by atoms with Crippen LogP contribution in [0.1, 0.15) is 15.9 Å². The standard InChI is InChI=1S/C21H16N2O3S/c1-26-17-12-10-16(11-13-17)23-21(24)18-7-3-5-9-20(18)27(25)19-8-4-2-6-15(19)14-22/h2-13H,1H3,(H,23,24)/t27-/m0/s1. The maximum absolute atomic E-state index is 13.1. The number of amides is 1. The molecule has 0 unspecified atom stereocenters. The molecule has 0 aliphatic carbocycles. The number of carbonyl (C=O) groups excluding carboxylic acids is 1. The summed E-state index contributed by atoms with van der Waals surface area (Å²) in [4.78, 5) is 13.5. The van der Waals surface area contributed by atoms with E-state index in [9.17, 15) is 14.3 Å². The molecule has 0 saturated carbocycles. The smallest absolute Gasteiger partial charge is 0.256 e. The van der Waals surface area contributed by atoms with Crippen molar-refractivity contribution in [1.82, 2.24) is 0 Å². The number of hydrogen-bond acceptors (Lipinski definition) is 4. The first-order chi connectivity index (χ1) is 13.1. The van der Waals surface area contributed by atoms with Crippen LogP contribution in [0, 0.1) is 11.3 Å². The third-order valence-electron chi connectivity index (χ3n) is 3.89. The van der Waals surface area contributed by atoms with E-state index in [2.05, 4.69) is 5.32 Å². The zero-order valence-corrected chi connectivity index (χ0v) is 15.3. The molecule has 3 aromatic carbocycles. The van der Waals surface area contributed by atoms with Crippen LogP contribution in [0.3, 0.4) is 0 Å². The lowest BCUT2D eigenvalue weighted by atomic mass is 10.2. The van der Waals surface area contributed by atoms with Crippen molar-refractivity contribution in [2.24, 2.45) is 0 Å². The fourth-order valence-corrected chi connectivity index (χ4v) is 3.84. The highest BCUT2D eigenvalue weighted by molar-refractivity contribution is 7.85. The van der Waals surface area contributed by atoms with Gasteiger partial charge < -0.3 is 10.1 Å². The van der Waals surface area contributed by atoms with Gasteiger partial charge in [0.1, 0.15) is 11.8 Å². The van der Waals surface area contributed by atoms with Crippen molar-refractivity contribution in [2.75, 3.05) is 12.4 Å². The lowest BCUT2D eigenvalue weighted by molar-refractivity contribution is 0.102. The molecule has 3 aromatic rings. The number of hydrogen-bond donors (Lipinski definition) is 1. The number of nitriles is 1. The highest BCUT2D eigenvalue weighted by Crippen LogP contribution is 2.24. The molecule has 6 heteroatoms. The minimum atomic E-state index is -1.66. The van der Waals surface area contributed by atoms with Gasteiger partial charge in [0.25, 0.3) is 5.91 Å². The lowest BCUT2D eigenvalue weighted by Gasteiger charge is -2.11. The van der Waals surface area contributed by atoms with Crippen LogP contribution >= 0.6 is 0 Å². The van der Waals surface area contributed by atoms with Crippen molar-refractivity contribution in [3.05, 3.63) is 83.9 Å². The predicted octanol–water partition coefficient (Wildman–Crippen LogP) is 3.99. The van der Waals surface area contributed by atoms with Gasteiger partial charge in [-0.15, -0.1) is 0 Å². The largest absolute Gasteiger partial charge is 0.497 e. The lowest BCUT2D eigenvalue weighted by Crippen LogP contribution is -2.15. The second-order valence-corrected chi connectivity index (χ2v) is 6.97. The van der Waals surface area contributed by atoms with Gasteiger partial charge in [-0.05, 0) is 48.5 Å². The first kappa shape index (κ1) is 18.4. The molecule has 0 fully saturated rings. The maximum Gasteiger partial charge on any atom is 0.256 e. The predicted molar refractivity (Wildman–Crippen MR) is 103 cm³/mol. The van der Waals surface area contributed by atoms with E-state index >= 15 is 0 Å². The fraction of sp³-hybridized carbons (Fsp3) is 0.0476. The monoisotopic (exact) mass is 376 g/mol. The van der Waals surface area contributed by atoms with Crippen LogP contribution in [0.5, 0.6) is 5.75 Å². The molecule has 1 N–H and O–H groups in total. The van der Waals surface area contributed by atoms with Gasteiger partial charge in [-0.1, -0.05) is 24.3 Å². The van der Waals surface area contributed by atoms with E-state index in [4.69, 9.17) is 4.74 Å². The molecule has 0 spiro atoms. The summed E-state index contributed by atoms with van der Waals surface area (Å²) in [6, 6.07) is 22.3. The zero-order valence-electron chi connectivity index (χ0n) is 14.5. The van der Waals surface area contributed by atoms with E-state index < -0.39 is 10.8 Å². The van der Waals surface area contributed by atoms with Gasteiger partial charge in [0, 0.05) is 5.69 Å². The van der Waals surface area contributed by atoms with Gasteiger partial charge in [-0.25, -0.2) is 4.21 Å². The molecule has 3 rings (SSSR count). The number of nitrogens with zero attached hydrogens (tertiary/aromatic N) is 1. The number of nitrogens with one attached hydrogen (secondary N) is 1. The molecule has 0 bridgehead atoms. The Morgan fingerprint density at radius 3 is 2.26 bits per heavy atom. The average Bonchev–Trinajstić information content (AvgIpc) is 2.73. The van der Waals surface area contributed by atoms with Crippen molar-refractivity contribution in [3.8, 4) is 11.8 Å². The van der Waals surface area contributed by atoms with E-state index in [1.54, 1.807) is 79.9 Å². The van der Waals surface area contributed by atoms with Crippen LogP contribution in [0.4, 0.5) is 5.69 Å². The Hall–Kier alpha value is -3.43. The SMILES string of the molecule is COc1ccc(NC(=O)c2ccccc2[S@@](=O)c2ccccc2C#N)cc1. The van der Waals surface area contributed by atoms with Crippen molar-refractivity contribution in [2.45, 2.75) is 9.79 Å². The van der Waals surface area contributed by atoms with Gasteiger partial charge in [0.15, 0.2) is 0 Å². The van der Waals surface area contributed by atoms with Gasteiger partial charge in [0.05, 0.1) is 38.8 Å². The molecule has 5 nitrogen and oxygen atoms in total. The number of methoxy groups -OCH3 is 1. The van der Waals surface area contributed by atoms with Crippen LogP contribution in [-0.2, 0) is 10.8 Å². The third kappa shape index (κ3) is 4.05. The molecule has 27 heavy (non-hydrogen) atoms. The summed E-state index contributed by atoms with van der Waals surface area (Å²) in [5.41, 5.74) is 1.21. The van der Waals surface area contributed by atoms with Crippen LogP contribution < -0.4 is 10.1 Å². The highest BCUT2D eigenvalue weighted by atomic mass is 32.2. The van der Waals surface area contributed by atoms with Gasteiger partial charge in [-0.3, -0.25) is 4.79 Å². The number of anilines is 1. The molecule has 0 radical (unpaired) electrons. The second kappa shape index (κ2) is 8.30. The van der Waals surface area contributed by atoms with Crippen molar-refractivity contribution >= 4 is 22.4 Å². The Labute approximate surface area is 159 Å². The summed E-state index contributed by atoms with van der Waals surface area (Å²) in [6.07, 6.45) is 0. The summed E-state index contributed by atoms with van der Waals surface area (Å²) in [5.74, 6) is 0.307. The Kier molecular flexibility index (Phi) is 5.64. The quantitative estimate of drug-likeness (QED) is 0.730. The number of benzene rings is 3. The Morgan fingerprint density at radius 2 is 1.59 bits per heavy atom. The molecular weight excluding hydrogens is 360 g/mol. The minimum absolute atomic E-state index is 0.291. The first-order valence-corrected chi connectivity index (χ1v) is 9.24. The molecule has 0 aliphatic rings. The van der Waals surface area contributed by atoms with Crippen molar-refractivity contribution in [3.63, 3.8) is 0 Å². The van der Waals surface area contributed by atoms with Crippen molar-refractivity contribution in [1.29, 1.82) is 5.26 Å². The number of ether oxygens (including phenoxy) is 1. The molecule has 1 atom stereocenters. The average molecular weight is 376 g/mol. The zero-order chi connectivity index (χ0) is 19.2. The first-order valence-electron chi connectivity index (χ1n) is 8.09. The normalized spacial score (nSPS) is 11.3. The summed E-state index contributed by atoms with van der Waals surface area (Å²) in [7, 11) is -0.0891. The molecular formula is C21H16N2O3S. The van der Waals surface area contributed by atoms with Crippen LogP contribution in [0.15, 0.2) is 82.6 Å². The Balaban J connectivity index is 1.92. The molecule has 0 aromatic heterocycles. The molecule has 0 aliphatic heterocycles. The third-order valence-corrected chi connectivity index (χ3v) is 5.40. The van der Waals surface area contributed by atoms with Gasteiger partial charge >= 0.3 is 0 Å². The fourth-order valence-electron chi connectivity index (χ4n) is 2.53. The van der Waals surface area contributed by atoms with E-state index in [0.717, 1.165) is 0 Å². The van der Waals surface area contributed by atoms with E-state index in [1.165, 1.54) is 0 Å². The number of carbonyl (C=O) groups is 1. The molecule has 1 amide bonds. The summed E-state index contributed by atoms with van der Waals surface area (Å²) < 4.78 is 18.2. The van der Waals surface area contributed by atoms with E-state index in [0.29, 0.717) is 32.4 Å². The summed E-state index contributed by atoms with van der Waals surface area (Å²) in [6.45, 7) is 0. The van der Waals surface area contributed by atoms with Crippen molar-refractivity contribution < 1.29 is 13.7 Å². The summed E-state index contributed by atoms with van der Waals surface area (Å²) in [5, 5.41) is 12.0. The molecule has 0 heterocycles. The van der Waals surface area contributed by atoms with Gasteiger partial charge in [0.2, 0.25) is 0 Å². The summed E-state index contributed by atoms with van der Waals surface area (Å²) >= 11 is 0. The maximum atomic E-state index is 13.1. The van der Waals surface area contributed by atoms with Crippen LogP contribution in [0.25, 0.3) is 0 Å². The topological polar surface area (TPSA) is 79.2 Å².